The molecule has 7 nitrogen and oxygen atoms in total. The number of hydrogen-bond donors (Lipinski definition) is 0. The van der Waals surface area contributed by atoms with Gasteiger partial charge in [-0.3, -0.25) is 4.57 Å². The van der Waals surface area contributed by atoms with E-state index in [0.717, 1.165) is 27.7 Å². The smallest absolute Gasteiger partial charge is 0.203 e. The van der Waals surface area contributed by atoms with Crippen molar-refractivity contribution in [2.24, 2.45) is 0 Å². The number of para-hydroxylation sites is 1. The lowest BCUT2D eigenvalue weighted by Gasteiger charge is -2.10. The first kappa shape index (κ1) is 21.8. The second-order valence-corrected chi connectivity index (χ2v) is 12.3. The number of nitrogens with zero attached hydrogens (tertiary/aromatic N) is 4. The molecule has 0 fully saturated rings. The molecule has 0 unspecified atom stereocenters. The van der Waals surface area contributed by atoms with Gasteiger partial charge >= 0.3 is 0 Å². The van der Waals surface area contributed by atoms with Crippen molar-refractivity contribution >= 4 is 44.3 Å². The molecule has 0 radical (unpaired) electrons. The normalized spacial score (nSPS) is 11.5. The van der Waals surface area contributed by atoms with E-state index < -0.39 is 9.84 Å². The van der Waals surface area contributed by atoms with Gasteiger partial charge in [0.25, 0.3) is 0 Å². The van der Waals surface area contributed by atoms with Crippen LogP contribution in [0.5, 0.6) is 11.5 Å². The Bertz CT molecular complexity index is 1480. The maximum atomic E-state index is 11.8. The van der Waals surface area contributed by atoms with Crippen LogP contribution in [0.2, 0.25) is 0 Å². The number of thiazole rings is 1. The van der Waals surface area contributed by atoms with E-state index >= 15 is 0 Å². The van der Waals surface area contributed by atoms with Gasteiger partial charge in [-0.25, -0.2) is 13.4 Å². The second-order valence-electron chi connectivity index (χ2n) is 6.85. The van der Waals surface area contributed by atoms with Crippen molar-refractivity contribution in [3.63, 3.8) is 0 Å². The molecular weight excluding hydrogens is 497 g/mol. The predicted octanol–water partition coefficient (Wildman–Crippen LogP) is 5.80. The third-order valence-electron chi connectivity index (χ3n) is 4.46. The van der Waals surface area contributed by atoms with Crippen molar-refractivity contribution in [2.45, 2.75) is 13.7 Å². The lowest BCUT2D eigenvalue weighted by Crippen LogP contribution is -1.99. The Labute approximate surface area is 202 Å². The SMILES string of the molecule is CS(=O)(=O)c1cnc(Sc2nnc(-c3cccs3)n2-c2ccc(Oc3ccccc3)cc2)s1. The Morgan fingerprint density at radius 1 is 0.939 bits per heavy atom. The summed E-state index contributed by atoms with van der Waals surface area (Å²) >= 11 is 3.96. The van der Waals surface area contributed by atoms with Crippen LogP contribution in [0.4, 0.5) is 0 Å². The molecule has 166 valence electrons. The molecular formula is C22H16N4O3S4. The molecule has 11 heteroatoms. The van der Waals surface area contributed by atoms with Gasteiger partial charge in [0, 0.05) is 6.26 Å². The fourth-order valence-corrected chi connectivity index (χ4v) is 6.58. The highest BCUT2D eigenvalue weighted by molar-refractivity contribution is 8.01. The fraction of sp³-hybridized carbons (Fsp3) is 0.0455. The third kappa shape index (κ3) is 4.86. The van der Waals surface area contributed by atoms with Crippen molar-refractivity contribution in [1.29, 1.82) is 0 Å². The van der Waals surface area contributed by atoms with Gasteiger partial charge in [-0.2, -0.15) is 0 Å². The van der Waals surface area contributed by atoms with Crippen LogP contribution >= 0.6 is 34.4 Å². The highest BCUT2D eigenvalue weighted by Gasteiger charge is 2.20. The standard InChI is InChI=1S/C22H16N4O3S4/c1-33(27,28)19-14-23-22(31-19)32-21-25-24-20(18-8-5-13-30-18)26(21)15-9-11-17(12-10-15)29-16-6-3-2-4-7-16/h2-14H,1H3. The molecule has 0 N–H and O–H groups in total. The molecule has 2 aromatic carbocycles. The zero-order chi connectivity index (χ0) is 22.8. The fourth-order valence-electron chi connectivity index (χ4n) is 2.96. The molecule has 0 saturated heterocycles. The highest BCUT2D eigenvalue weighted by Crippen LogP contribution is 2.36. The topological polar surface area (TPSA) is 87.0 Å². The van der Waals surface area contributed by atoms with Gasteiger partial charge in [-0.15, -0.1) is 21.5 Å². The highest BCUT2D eigenvalue weighted by atomic mass is 32.2. The predicted molar refractivity (Wildman–Crippen MR) is 131 cm³/mol. The van der Waals surface area contributed by atoms with Crippen LogP contribution in [-0.4, -0.2) is 34.4 Å². The minimum atomic E-state index is -3.31. The summed E-state index contributed by atoms with van der Waals surface area (Å²) in [7, 11) is -3.31. The zero-order valence-corrected chi connectivity index (χ0v) is 20.4. The van der Waals surface area contributed by atoms with Gasteiger partial charge in [-0.1, -0.05) is 35.6 Å². The van der Waals surface area contributed by atoms with Gasteiger partial charge in [-0.05, 0) is 59.6 Å². The lowest BCUT2D eigenvalue weighted by molar-refractivity contribution is 0.482. The molecule has 0 amide bonds. The summed E-state index contributed by atoms with van der Waals surface area (Å²) in [6, 6.07) is 21.2. The van der Waals surface area contributed by atoms with Gasteiger partial charge < -0.3 is 4.74 Å². The van der Waals surface area contributed by atoms with Crippen LogP contribution in [0.1, 0.15) is 0 Å². The van der Waals surface area contributed by atoms with Crippen LogP contribution in [0.3, 0.4) is 0 Å². The summed E-state index contributed by atoms with van der Waals surface area (Å²) in [5, 5.41) is 11.4. The van der Waals surface area contributed by atoms with Crippen LogP contribution in [0, 0.1) is 0 Å². The van der Waals surface area contributed by atoms with E-state index in [0.29, 0.717) is 21.1 Å². The van der Waals surface area contributed by atoms with Crippen LogP contribution in [0.25, 0.3) is 16.4 Å². The Balaban J connectivity index is 1.50. The molecule has 3 heterocycles. The monoisotopic (exact) mass is 512 g/mol. The average molecular weight is 513 g/mol. The summed E-state index contributed by atoms with van der Waals surface area (Å²) in [6.45, 7) is 0. The number of ether oxygens (including phenoxy) is 1. The molecule has 5 aromatic rings. The maximum absolute atomic E-state index is 11.8. The van der Waals surface area contributed by atoms with Gasteiger partial charge in [0.05, 0.1) is 16.8 Å². The Morgan fingerprint density at radius 3 is 2.36 bits per heavy atom. The number of rotatable bonds is 7. The number of sulfone groups is 1. The van der Waals surface area contributed by atoms with Crippen LogP contribution in [0.15, 0.2) is 92.0 Å². The van der Waals surface area contributed by atoms with Crippen molar-refractivity contribution in [2.75, 3.05) is 6.26 Å². The van der Waals surface area contributed by atoms with E-state index in [1.54, 1.807) is 11.3 Å². The third-order valence-corrected chi connectivity index (χ3v) is 9.13. The van der Waals surface area contributed by atoms with E-state index in [9.17, 15) is 8.42 Å². The summed E-state index contributed by atoms with van der Waals surface area (Å²) in [5.41, 5.74) is 0.853. The first-order valence-corrected chi connectivity index (χ1v) is 14.0. The summed E-state index contributed by atoms with van der Waals surface area (Å²) in [6.07, 6.45) is 2.55. The lowest BCUT2D eigenvalue weighted by atomic mass is 10.3. The average Bonchev–Trinajstić information content (AvgIpc) is 3.56. The molecule has 33 heavy (non-hydrogen) atoms. The van der Waals surface area contributed by atoms with Crippen molar-refractivity contribution in [3.8, 4) is 27.9 Å². The first-order valence-electron chi connectivity index (χ1n) is 9.64. The van der Waals surface area contributed by atoms with Gasteiger partial charge in [0.2, 0.25) is 5.16 Å². The molecule has 0 saturated carbocycles. The molecule has 0 aliphatic carbocycles. The van der Waals surface area contributed by atoms with E-state index in [-0.39, 0.29) is 4.21 Å². The number of hydrogen-bond acceptors (Lipinski definition) is 9. The number of benzene rings is 2. The Morgan fingerprint density at radius 2 is 1.70 bits per heavy atom. The van der Waals surface area contributed by atoms with Crippen molar-refractivity contribution in [1.82, 2.24) is 19.7 Å². The van der Waals surface area contributed by atoms with E-state index in [4.69, 9.17) is 4.74 Å². The second kappa shape index (κ2) is 9.10. The van der Waals surface area contributed by atoms with E-state index in [1.807, 2.05) is 76.7 Å². The van der Waals surface area contributed by atoms with Crippen LogP contribution < -0.4 is 4.74 Å². The molecule has 3 aromatic heterocycles. The largest absolute Gasteiger partial charge is 0.457 e. The molecule has 0 aliphatic heterocycles. The van der Waals surface area contributed by atoms with Crippen LogP contribution in [-0.2, 0) is 9.84 Å². The summed E-state index contributed by atoms with van der Waals surface area (Å²) in [5.74, 6) is 2.17. The molecule has 0 spiro atoms. The van der Waals surface area contributed by atoms with E-state index in [1.165, 1.54) is 24.2 Å². The quantitative estimate of drug-likeness (QED) is 0.272. The number of thiophene rings is 1. The Kier molecular flexibility index (Phi) is 6.02. The summed E-state index contributed by atoms with van der Waals surface area (Å²) < 4.78 is 32.3. The van der Waals surface area contributed by atoms with Crippen molar-refractivity contribution < 1.29 is 13.2 Å². The Hall–Kier alpha value is -2.99. The number of aromatic nitrogens is 4. The molecule has 0 bridgehead atoms. The maximum Gasteiger partial charge on any atom is 0.203 e. The van der Waals surface area contributed by atoms with Crippen molar-refractivity contribution in [3.05, 3.63) is 78.3 Å². The minimum absolute atomic E-state index is 0.219. The minimum Gasteiger partial charge on any atom is -0.457 e. The summed E-state index contributed by atoms with van der Waals surface area (Å²) in [4.78, 5) is 5.22. The molecule has 5 rings (SSSR count). The molecule has 0 atom stereocenters. The van der Waals surface area contributed by atoms with E-state index in [2.05, 4.69) is 15.2 Å². The van der Waals surface area contributed by atoms with Gasteiger partial charge in [0.1, 0.15) is 15.7 Å². The first-order chi connectivity index (χ1) is 16.0. The zero-order valence-electron chi connectivity index (χ0n) is 17.2. The molecule has 0 aliphatic rings. The van der Waals surface area contributed by atoms with Gasteiger partial charge in [0.15, 0.2) is 20.0 Å².